The van der Waals surface area contributed by atoms with E-state index in [1.165, 1.54) is 24.5 Å². The summed E-state index contributed by atoms with van der Waals surface area (Å²) in [5.41, 5.74) is 7.95. The summed E-state index contributed by atoms with van der Waals surface area (Å²) in [4.78, 5) is 0.364. The average molecular weight is 239 g/mol. The molecule has 0 radical (unpaired) electrons. The van der Waals surface area contributed by atoms with E-state index >= 15 is 0 Å². The summed E-state index contributed by atoms with van der Waals surface area (Å²) in [5.74, 6) is 0. The van der Waals surface area contributed by atoms with Crippen molar-refractivity contribution < 1.29 is 8.42 Å². The largest absolute Gasteiger partial charge is 0.315 e. The lowest BCUT2D eigenvalue weighted by atomic mass is 9.92. The molecule has 2 rings (SSSR count). The lowest BCUT2D eigenvalue weighted by Crippen LogP contribution is -2.27. The minimum atomic E-state index is -3.33. The highest BCUT2D eigenvalue weighted by Gasteiger charge is 2.21. The van der Waals surface area contributed by atoms with Crippen LogP contribution in [0.1, 0.15) is 30.9 Å². The number of fused-ring (bicyclic) bond motifs is 1. The number of sulfone groups is 1. The molecular formula is C12H17NO2S. The number of aryl methyl sites for hydroxylation is 2. The van der Waals surface area contributed by atoms with Crippen molar-refractivity contribution in [2.45, 2.75) is 42.9 Å². The quantitative estimate of drug-likeness (QED) is 0.853. The fraction of sp³-hybridized carbons (Fsp3) is 0.500. The van der Waals surface area contributed by atoms with Gasteiger partial charge in [-0.3, -0.25) is 0 Å². The summed E-state index contributed by atoms with van der Waals surface area (Å²) in [6.07, 6.45) is 4.40. The average Bonchev–Trinajstić information content (AvgIpc) is 2.28. The third-order valence-corrected chi connectivity index (χ3v) is 5.03. The molecule has 3 nitrogen and oxygen atoms in total. The first-order valence-corrected chi connectivity index (χ1v) is 7.18. The molecule has 0 heterocycles. The van der Waals surface area contributed by atoms with Crippen LogP contribution >= 0.6 is 0 Å². The van der Waals surface area contributed by atoms with Crippen molar-refractivity contribution in [1.29, 1.82) is 0 Å². The maximum Gasteiger partial charge on any atom is 0.193 e. The highest BCUT2D eigenvalue weighted by Crippen LogP contribution is 2.25. The molecule has 0 saturated heterocycles. The van der Waals surface area contributed by atoms with E-state index in [-0.39, 0.29) is 0 Å². The van der Waals surface area contributed by atoms with Crippen LogP contribution in [-0.4, -0.2) is 13.8 Å². The normalized spacial score (nSPS) is 17.9. The van der Waals surface area contributed by atoms with E-state index < -0.39 is 15.2 Å². The Morgan fingerprint density at radius 1 is 1.19 bits per heavy atom. The van der Waals surface area contributed by atoms with Gasteiger partial charge in [0, 0.05) is 0 Å². The second-order valence-corrected chi connectivity index (χ2v) is 6.69. The van der Waals surface area contributed by atoms with Crippen LogP contribution in [0.3, 0.4) is 0 Å². The smallest absolute Gasteiger partial charge is 0.193 e. The molecule has 0 spiro atoms. The van der Waals surface area contributed by atoms with Crippen molar-refractivity contribution in [3.8, 4) is 0 Å². The molecule has 1 aliphatic rings. The van der Waals surface area contributed by atoms with Crippen molar-refractivity contribution in [1.82, 2.24) is 0 Å². The molecule has 1 aromatic carbocycles. The van der Waals surface area contributed by atoms with E-state index in [4.69, 9.17) is 5.73 Å². The van der Waals surface area contributed by atoms with Crippen LogP contribution in [0.25, 0.3) is 0 Å². The Hall–Kier alpha value is -0.870. The van der Waals surface area contributed by atoms with Gasteiger partial charge in [0.1, 0.15) is 5.37 Å². The van der Waals surface area contributed by atoms with E-state index in [9.17, 15) is 8.42 Å². The standard InChI is InChI=1S/C12H17NO2S/c1-9(13)16(14,15)12-7-6-10-4-2-3-5-11(10)8-12/h6-9H,2-5,13H2,1H3. The fourth-order valence-corrected chi connectivity index (χ4v) is 3.09. The van der Waals surface area contributed by atoms with Crippen molar-refractivity contribution in [3.05, 3.63) is 29.3 Å². The van der Waals surface area contributed by atoms with Crippen LogP contribution < -0.4 is 5.73 Å². The topological polar surface area (TPSA) is 60.2 Å². The summed E-state index contributed by atoms with van der Waals surface area (Å²) < 4.78 is 23.8. The Labute approximate surface area is 96.6 Å². The van der Waals surface area contributed by atoms with Gasteiger partial charge < -0.3 is 5.73 Å². The molecule has 4 heteroatoms. The first kappa shape index (κ1) is 11.6. The highest BCUT2D eigenvalue weighted by molar-refractivity contribution is 7.92. The van der Waals surface area contributed by atoms with E-state index in [1.807, 2.05) is 6.07 Å². The molecule has 0 bridgehead atoms. The van der Waals surface area contributed by atoms with E-state index in [2.05, 4.69) is 0 Å². The first-order valence-electron chi connectivity index (χ1n) is 5.63. The van der Waals surface area contributed by atoms with Gasteiger partial charge >= 0.3 is 0 Å². The van der Waals surface area contributed by atoms with Gasteiger partial charge in [0.15, 0.2) is 9.84 Å². The minimum absolute atomic E-state index is 0.364. The van der Waals surface area contributed by atoms with Crippen LogP contribution in [-0.2, 0) is 22.7 Å². The Bertz CT molecular complexity index is 492. The van der Waals surface area contributed by atoms with Gasteiger partial charge in [-0.05, 0) is 55.9 Å². The van der Waals surface area contributed by atoms with Crippen molar-refractivity contribution >= 4 is 9.84 Å². The van der Waals surface area contributed by atoms with Crippen LogP contribution in [0.2, 0.25) is 0 Å². The first-order chi connectivity index (χ1) is 7.51. The Kier molecular flexibility index (Phi) is 3.04. The molecular weight excluding hydrogens is 222 g/mol. The molecule has 1 aromatic rings. The molecule has 16 heavy (non-hydrogen) atoms. The highest BCUT2D eigenvalue weighted by atomic mass is 32.2. The predicted molar refractivity (Wildman–Crippen MR) is 63.9 cm³/mol. The van der Waals surface area contributed by atoms with Gasteiger partial charge in [-0.25, -0.2) is 8.42 Å². The van der Waals surface area contributed by atoms with Crippen LogP contribution in [0, 0.1) is 0 Å². The zero-order valence-electron chi connectivity index (χ0n) is 9.44. The van der Waals surface area contributed by atoms with Crippen molar-refractivity contribution in [2.24, 2.45) is 5.73 Å². The summed E-state index contributed by atoms with van der Waals surface area (Å²) >= 11 is 0. The third kappa shape index (κ3) is 1.99. The number of nitrogens with two attached hydrogens (primary N) is 1. The van der Waals surface area contributed by atoms with Crippen molar-refractivity contribution in [3.63, 3.8) is 0 Å². The molecule has 0 fully saturated rings. The summed E-state index contributed by atoms with van der Waals surface area (Å²) in [6, 6.07) is 5.42. The lowest BCUT2D eigenvalue weighted by Gasteiger charge is -2.17. The summed E-state index contributed by atoms with van der Waals surface area (Å²) in [7, 11) is -3.33. The minimum Gasteiger partial charge on any atom is -0.315 e. The molecule has 0 aliphatic heterocycles. The second-order valence-electron chi connectivity index (χ2n) is 4.39. The van der Waals surface area contributed by atoms with Gasteiger partial charge in [0.05, 0.1) is 4.90 Å². The number of benzene rings is 1. The number of rotatable bonds is 2. The zero-order valence-corrected chi connectivity index (χ0v) is 10.3. The van der Waals surface area contributed by atoms with Gasteiger partial charge in [-0.1, -0.05) is 6.07 Å². The van der Waals surface area contributed by atoms with Crippen LogP contribution in [0.5, 0.6) is 0 Å². The monoisotopic (exact) mass is 239 g/mol. The molecule has 0 aromatic heterocycles. The molecule has 1 atom stereocenters. The number of hydrogen-bond donors (Lipinski definition) is 1. The van der Waals surface area contributed by atoms with E-state index in [0.29, 0.717) is 4.90 Å². The SMILES string of the molecule is CC(N)S(=O)(=O)c1ccc2c(c1)CCCC2. The lowest BCUT2D eigenvalue weighted by molar-refractivity contribution is 0.584. The Morgan fingerprint density at radius 3 is 2.44 bits per heavy atom. The third-order valence-electron chi connectivity index (χ3n) is 3.14. The Balaban J connectivity index is 2.45. The zero-order chi connectivity index (χ0) is 11.8. The molecule has 1 unspecified atom stereocenters. The fourth-order valence-electron chi connectivity index (χ4n) is 2.10. The van der Waals surface area contributed by atoms with Crippen molar-refractivity contribution in [2.75, 3.05) is 0 Å². The maximum atomic E-state index is 11.9. The van der Waals surface area contributed by atoms with Gasteiger partial charge in [-0.15, -0.1) is 0 Å². The maximum absolute atomic E-state index is 11.9. The molecule has 1 aliphatic carbocycles. The van der Waals surface area contributed by atoms with E-state index in [0.717, 1.165) is 19.3 Å². The van der Waals surface area contributed by atoms with Gasteiger partial charge in [-0.2, -0.15) is 0 Å². The van der Waals surface area contributed by atoms with Crippen LogP contribution in [0.4, 0.5) is 0 Å². The number of hydrogen-bond acceptors (Lipinski definition) is 3. The van der Waals surface area contributed by atoms with Crippen LogP contribution in [0.15, 0.2) is 23.1 Å². The molecule has 0 saturated carbocycles. The molecule has 2 N–H and O–H groups in total. The summed E-state index contributed by atoms with van der Waals surface area (Å²) in [6.45, 7) is 1.51. The van der Waals surface area contributed by atoms with E-state index in [1.54, 1.807) is 12.1 Å². The van der Waals surface area contributed by atoms with Gasteiger partial charge in [0.25, 0.3) is 0 Å². The Morgan fingerprint density at radius 2 is 1.81 bits per heavy atom. The van der Waals surface area contributed by atoms with Gasteiger partial charge in [0.2, 0.25) is 0 Å². The predicted octanol–water partition coefficient (Wildman–Crippen LogP) is 1.64. The second kappa shape index (κ2) is 4.18. The molecule has 0 amide bonds. The molecule has 88 valence electrons. The summed E-state index contributed by atoms with van der Waals surface area (Å²) in [5, 5.41) is -0.839.